The van der Waals surface area contributed by atoms with Gasteiger partial charge in [-0.1, -0.05) is 70.6 Å². The number of carboxylic acids is 2. The Balaban J connectivity index is 3.98. The second-order valence-electron chi connectivity index (χ2n) is 8.36. The maximum absolute atomic E-state index is 11.5. The van der Waals surface area contributed by atoms with Crippen LogP contribution in [0.1, 0.15) is 103 Å². The van der Waals surface area contributed by atoms with Crippen LogP contribution in [0.4, 0.5) is 0 Å². The van der Waals surface area contributed by atoms with Gasteiger partial charge in [-0.15, -0.1) is 0 Å². The van der Waals surface area contributed by atoms with Crippen molar-refractivity contribution in [2.24, 2.45) is 5.92 Å². The highest BCUT2D eigenvalue weighted by atomic mass is 16.5. The number of unbranched alkanes of at least 4 members (excludes halogenated alkanes) is 11. The summed E-state index contributed by atoms with van der Waals surface area (Å²) in [6.07, 6.45) is 12.1. The molecule has 2 atom stereocenters. The second kappa shape index (κ2) is 16.7. The number of carboxylic acid groups (broad SMARTS) is 2. The maximum atomic E-state index is 11.5. The fourth-order valence-electron chi connectivity index (χ4n) is 3.70. The normalized spacial score (nSPS) is 13.9. The number of methoxy groups -OCH3 is 1. The Hall–Kier alpha value is -1.96. The van der Waals surface area contributed by atoms with Gasteiger partial charge in [0.25, 0.3) is 0 Å². The summed E-state index contributed by atoms with van der Waals surface area (Å²) in [5.74, 6) is -5.44. The zero-order chi connectivity index (χ0) is 23.7. The molecule has 0 saturated carbocycles. The summed E-state index contributed by atoms with van der Waals surface area (Å²) < 4.78 is 4.39. The number of aliphatic hydroxyl groups is 1. The fraction of sp³-hybridized carbons (Fsp3) is 0.826. The molecule has 0 spiro atoms. The number of Topliss-reactive ketones (excluding diaryl/α,β-unsaturated/α-hetero) is 1. The lowest BCUT2D eigenvalue weighted by Gasteiger charge is -2.28. The molecule has 0 aliphatic heterocycles. The van der Waals surface area contributed by atoms with Crippen LogP contribution in [0.25, 0.3) is 0 Å². The van der Waals surface area contributed by atoms with Crippen LogP contribution < -0.4 is 0 Å². The molecule has 0 aromatic heterocycles. The minimum absolute atomic E-state index is 0.0151. The number of esters is 1. The van der Waals surface area contributed by atoms with Crippen molar-refractivity contribution in [2.75, 3.05) is 7.11 Å². The van der Waals surface area contributed by atoms with Crippen molar-refractivity contribution in [3.05, 3.63) is 0 Å². The summed E-state index contributed by atoms with van der Waals surface area (Å²) in [5, 5.41) is 29.0. The van der Waals surface area contributed by atoms with Crippen molar-refractivity contribution in [1.29, 1.82) is 0 Å². The first-order valence-electron chi connectivity index (χ1n) is 11.4. The molecular weight excluding hydrogens is 404 g/mol. The van der Waals surface area contributed by atoms with Gasteiger partial charge in [0.1, 0.15) is 5.78 Å². The van der Waals surface area contributed by atoms with Gasteiger partial charge in [-0.3, -0.25) is 9.59 Å². The summed E-state index contributed by atoms with van der Waals surface area (Å²) >= 11 is 0. The van der Waals surface area contributed by atoms with Crippen LogP contribution in [-0.4, -0.2) is 51.7 Å². The topological polar surface area (TPSA) is 138 Å². The smallest absolute Gasteiger partial charge is 0.337 e. The van der Waals surface area contributed by atoms with Gasteiger partial charge in [0.05, 0.1) is 19.4 Å². The number of aliphatic carboxylic acids is 2. The lowest BCUT2D eigenvalue weighted by Crippen LogP contribution is -2.50. The summed E-state index contributed by atoms with van der Waals surface area (Å²) in [5.41, 5.74) is -2.68. The van der Waals surface area contributed by atoms with Gasteiger partial charge < -0.3 is 24.9 Å². The molecule has 0 aromatic rings. The lowest BCUT2D eigenvalue weighted by atomic mass is 9.81. The van der Waals surface area contributed by atoms with Crippen molar-refractivity contribution in [2.45, 2.75) is 109 Å². The van der Waals surface area contributed by atoms with E-state index in [0.29, 0.717) is 12.8 Å². The van der Waals surface area contributed by atoms with Crippen LogP contribution in [0.15, 0.2) is 0 Å². The Morgan fingerprint density at radius 1 is 0.774 bits per heavy atom. The summed E-state index contributed by atoms with van der Waals surface area (Å²) in [6, 6.07) is 0. The SMILES string of the molecule is COC(=O)CC(O)(C(=O)O)C(CCCCCCCCCCCCCCC(C)=O)C(=O)O. The van der Waals surface area contributed by atoms with E-state index in [1.54, 1.807) is 6.92 Å². The van der Waals surface area contributed by atoms with E-state index >= 15 is 0 Å². The number of rotatable bonds is 20. The Labute approximate surface area is 185 Å². The van der Waals surface area contributed by atoms with E-state index in [1.807, 2.05) is 0 Å². The Bertz CT molecular complexity index is 560. The standard InChI is InChI=1S/C23H40O8/c1-18(24)15-13-11-9-7-5-3-4-6-8-10-12-14-16-19(21(26)27)23(30,22(28)29)17-20(25)31-2/h19,30H,3-17H2,1-2H3,(H,26,27)(H,28,29). The molecule has 0 aromatic carbocycles. The molecule has 0 saturated heterocycles. The van der Waals surface area contributed by atoms with E-state index < -0.39 is 35.8 Å². The van der Waals surface area contributed by atoms with Gasteiger partial charge in [-0.25, -0.2) is 4.79 Å². The summed E-state index contributed by atoms with van der Waals surface area (Å²) in [6.45, 7) is 1.63. The Kier molecular flexibility index (Phi) is 15.6. The third kappa shape index (κ3) is 13.1. The van der Waals surface area contributed by atoms with E-state index in [0.717, 1.165) is 52.1 Å². The molecule has 2 unspecified atom stereocenters. The number of ketones is 1. The van der Waals surface area contributed by atoms with Gasteiger partial charge in [-0.2, -0.15) is 0 Å². The molecule has 0 bridgehead atoms. The molecule has 0 heterocycles. The molecule has 3 N–H and O–H groups in total. The van der Waals surface area contributed by atoms with Crippen LogP contribution in [0.5, 0.6) is 0 Å². The molecule has 0 aliphatic carbocycles. The minimum Gasteiger partial charge on any atom is -0.481 e. The van der Waals surface area contributed by atoms with E-state index in [9.17, 15) is 34.5 Å². The largest absolute Gasteiger partial charge is 0.481 e. The zero-order valence-corrected chi connectivity index (χ0v) is 19.1. The average Bonchev–Trinajstić information content (AvgIpc) is 2.69. The highest BCUT2D eigenvalue weighted by molar-refractivity contribution is 5.90. The van der Waals surface area contributed by atoms with Crippen molar-refractivity contribution in [1.82, 2.24) is 0 Å². The van der Waals surface area contributed by atoms with E-state index in [1.165, 1.54) is 25.7 Å². The molecule has 8 heteroatoms. The van der Waals surface area contributed by atoms with Gasteiger partial charge in [0.2, 0.25) is 0 Å². The Morgan fingerprint density at radius 3 is 1.55 bits per heavy atom. The third-order valence-electron chi connectivity index (χ3n) is 5.66. The van der Waals surface area contributed by atoms with Crippen LogP contribution in [0, 0.1) is 5.92 Å². The first-order chi connectivity index (χ1) is 14.6. The second-order valence-corrected chi connectivity index (χ2v) is 8.36. The highest BCUT2D eigenvalue weighted by Gasteiger charge is 2.49. The number of hydrogen-bond acceptors (Lipinski definition) is 6. The van der Waals surface area contributed by atoms with Crippen molar-refractivity contribution < 1.29 is 39.2 Å². The monoisotopic (exact) mass is 444 g/mol. The van der Waals surface area contributed by atoms with Crippen molar-refractivity contribution in [3.8, 4) is 0 Å². The van der Waals surface area contributed by atoms with Gasteiger partial charge in [-0.05, 0) is 19.8 Å². The number of hydrogen-bond donors (Lipinski definition) is 3. The summed E-state index contributed by atoms with van der Waals surface area (Å²) in [7, 11) is 1.05. The highest BCUT2D eigenvalue weighted by Crippen LogP contribution is 2.28. The van der Waals surface area contributed by atoms with Crippen molar-refractivity contribution >= 4 is 23.7 Å². The number of carbonyl (C=O) groups is 4. The predicted octanol–water partition coefficient (Wildman–Crippen LogP) is 4.12. The molecule has 31 heavy (non-hydrogen) atoms. The number of carbonyl (C=O) groups excluding carboxylic acids is 2. The van der Waals surface area contributed by atoms with E-state index in [-0.39, 0.29) is 12.2 Å². The van der Waals surface area contributed by atoms with Crippen LogP contribution >= 0.6 is 0 Å². The third-order valence-corrected chi connectivity index (χ3v) is 5.66. The van der Waals surface area contributed by atoms with Gasteiger partial charge in [0.15, 0.2) is 5.60 Å². The fourth-order valence-corrected chi connectivity index (χ4v) is 3.70. The van der Waals surface area contributed by atoms with Crippen LogP contribution in [-0.2, 0) is 23.9 Å². The average molecular weight is 445 g/mol. The van der Waals surface area contributed by atoms with Crippen molar-refractivity contribution in [3.63, 3.8) is 0 Å². The number of ether oxygens (including phenoxy) is 1. The first kappa shape index (κ1) is 29.0. The van der Waals surface area contributed by atoms with E-state index in [4.69, 9.17) is 0 Å². The van der Waals surface area contributed by atoms with Gasteiger partial charge in [0, 0.05) is 6.42 Å². The quantitative estimate of drug-likeness (QED) is 0.188. The van der Waals surface area contributed by atoms with Gasteiger partial charge >= 0.3 is 17.9 Å². The Morgan fingerprint density at radius 2 is 1.19 bits per heavy atom. The van der Waals surface area contributed by atoms with Crippen LogP contribution in [0.3, 0.4) is 0 Å². The molecule has 0 fully saturated rings. The molecule has 0 aliphatic rings. The summed E-state index contributed by atoms with van der Waals surface area (Å²) in [4.78, 5) is 45.2. The minimum atomic E-state index is -2.68. The molecule has 0 amide bonds. The molecule has 180 valence electrons. The lowest BCUT2D eigenvalue weighted by molar-refractivity contribution is -0.180. The zero-order valence-electron chi connectivity index (χ0n) is 19.1. The molecule has 0 rings (SSSR count). The molecule has 8 nitrogen and oxygen atoms in total. The van der Waals surface area contributed by atoms with Crippen LogP contribution in [0.2, 0.25) is 0 Å². The molecular formula is C23H40O8. The van der Waals surface area contributed by atoms with E-state index in [2.05, 4.69) is 4.74 Å². The predicted molar refractivity (Wildman–Crippen MR) is 116 cm³/mol. The maximum Gasteiger partial charge on any atom is 0.337 e. The molecule has 0 radical (unpaired) electrons. The first-order valence-corrected chi connectivity index (χ1v) is 11.4.